The van der Waals surface area contributed by atoms with Crippen molar-refractivity contribution in [1.82, 2.24) is 16.0 Å². The van der Waals surface area contributed by atoms with Gasteiger partial charge in [0.25, 0.3) is 5.91 Å². The largest absolute Gasteiger partial charge is 0.354 e. The fourth-order valence-electron chi connectivity index (χ4n) is 2.50. The average Bonchev–Trinajstić information content (AvgIpc) is 2.59. The van der Waals surface area contributed by atoms with Crippen molar-refractivity contribution in [2.75, 3.05) is 19.6 Å². The van der Waals surface area contributed by atoms with E-state index in [2.05, 4.69) is 16.0 Å². The van der Waals surface area contributed by atoms with Crippen LogP contribution in [0.3, 0.4) is 0 Å². The van der Waals surface area contributed by atoms with Crippen LogP contribution in [0.15, 0.2) is 42.5 Å². The molecule has 0 aromatic heterocycles. The summed E-state index contributed by atoms with van der Waals surface area (Å²) in [5, 5.41) is 11.0. The zero-order chi connectivity index (χ0) is 17.4. The fraction of sp³-hybridized carbons (Fsp3) is 0.368. The van der Waals surface area contributed by atoms with E-state index in [1.165, 1.54) is 0 Å². The molecule has 0 saturated heterocycles. The van der Waals surface area contributed by atoms with E-state index in [0.717, 1.165) is 17.3 Å². The first kappa shape index (κ1) is 20.9. The first-order valence-corrected chi connectivity index (χ1v) is 8.37. The van der Waals surface area contributed by atoms with Crippen LogP contribution in [-0.4, -0.2) is 37.5 Å². The summed E-state index contributed by atoms with van der Waals surface area (Å²) in [6.07, 6.45) is 0.276. The number of nitrogens with one attached hydrogen (secondary N) is 3. The minimum Gasteiger partial charge on any atom is -0.354 e. The lowest BCUT2D eigenvalue weighted by Crippen LogP contribution is -2.39. The molecule has 136 valence electrons. The molecule has 5 nitrogen and oxygen atoms in total. The maximum absolute atomic E-state index is 12.2. The van der Waals surface area contributed by atoms with Crippen LogP contribution < -0.4 is 16.0 Å². The van der Waals surface area contributed by atoms with Gasteiger partial charge in [-0.1, -0.05) is 37.3 Å². The molecule has 0 radical (unpaired) electrons. The molecule has 2 aromatic rings. The highest BCUT2D eigenvalue weighted by atomic mass is 35.5. The van der Waals surface area contributed by atoms with Crippen LogP contribution in [0.25, 0.3) is 10.8 Å². The molecule has 0 spiro atoms. The molecular formula is C19H26ClN3O2. The van der Waals surface area contributed by atoms with E-state index < -0.39 is 0 Å². The first-order valence-electron chi connectivity index (χ1n) is 8.37. The van der Waals surface area contributed by atoms with Gasteiger partial charge in [0, 0.05) is 31.1 Å². The summed E-state index contributed by atoms with van der Waals surface area (Å²) in [4.78, 5) is 23.9. The van der Waals surface area contributed by atoms with Crippen molar-refractivity contribution in [3.63, 3.8) is 0 Å². The topological polar surface area (TPSA) is 70.2 Å². The second-order valence-electron chi connectivity index (χ2n) is 5.83. The standard InChI is InChI=1S/C19H25N3O2.ClH/c1-3-20-14(2)13-22-18(23)10-11-21-19(24)17-9-8-15-6-4-5-7-16(15)12-17;/h4-9,12,14,20H,3,10-11,13H2,1-2H3,(H,21,24)(H,22,23);1H/t14-;/m1./s1. The van der Waals surface area contributed by atoms with Crippen LogP contribution >= 0.6 is 12.4 Å². The Morgan fingerprint density at radius 2 is 1.76 bits per heavy atom. The lowest BCUT2D eigenvalue weighted by molar-refractivity contribution is -0.121. The van der Waals surface area contributed by atoms with Gasteiger partial charge < -0.3 is 16.0 Å². The van der Waals surface area contributed by atoms with Crippen LogP contribution in [0, 0.1) is 0 Å². The second-order valence-corrected chi connectivity index (χ2v) is 5.83. The maximum atomic E-state index is 12.2. The van der Waals surface area contributed by atoms with Crippen LogP contribution in [0.5, 0.6) is 0 Å². The molecule has 6 heteroatoms. The summed E-state index contributed by atoms with van der Waals surface area (Å²) in [5.74, 6) is -0.215. The Morgan fingerprint density at radius 3 is 2.48 bits per heavy atom. The van der Waals surface area contributed by atoms with Crippen molar-refractivity contribution in [3.05, 3.63) is 48.0 Å². The summed E-state index contributed by atoms with van der Waals surface area (Å²) in [7, 11) is 0. The van der Waals surface area contributed by atoms with Gasteiger partial charge in [-0.05, 0) is 36.4 Å². The van der Waals surface area contributed by atoms with E-state index in [9.17, 15) is 9.59 Å². The van der Waals surface area contributed by atoms with Crippen molar-refractivity contribution in [3.8, 4) is 0 Å². The van der Waals surface area contributed by atoms with Crippen LogP contribution in [0.2, 0.25) is 0 Å². The van der Waals surface area contributed by atoms with Gasteiger partial charge in [0.1, 0.15) is 0 Å². The highest BCUT2D eigenvalue weighted by molar-refractivity contribution is 5.98. The second kappa shape index (κ2) is 10.7. The lowest BCUT2D eigenvalue weighted by Gasteiger charge is -2.13. The third-order valence-corrected chi connectivity index (χ3v) is 3.81. The van der Waals surface area contributed by atoms with Gasteiger partial charge in [-0.25, -0.2) is 0 Å². The van der Waals surface area contributed by atoms with Gasteiger partial charge in [-0.15, -0.1) is 12.4 Å². The average molecular weight is 364 g/mol. The number of carbonyl (C=O) groups excluding carboxylic acids is 2. The molecule has 0 fully saturated rings. The molecule has 2 amide bonds. The molecule has 3 N–H and O–H groups in total. The SMILES string of the molecule is CCN[C@H](C)CNC(=O)CCNC(=O)c1ccc2ccccc2c1.Cl. The van der Waals surface area contributed by atoms with Crippen molar-refractivity contribution < 1.29 is 9.59 Å². The molecule has 25 heavy (non-hydrogen) atoms. The smallest absolute Gasteiger partial charge is 0.251 e. The molecule has 0 saturated carbocycles. The van der Waals surface area contributed by atoms with E-state index in [0.29, 0.717) is 18.7 Å². The Kier molecular flexibility index (Phi) is 8.95. The molecular weight excluding hydrogens is 338 g/mol. The minimum absolute atomic E-state index is 0. The Morgan fingerprint density at radius 1 is 1.04 bits per heavy atom. The predicted octanol–water partition coefficient (Wildman–Crippen LogP) is 2.50. The monoisotopic (exact) mass is 363 g/mol. The summed E-state index contributed by atoms with van der Waals surface area (Å²) in [5.41, 5.74) is 0.606. The molecule has 0 unspecified atom stereocenters. The summed E-state index contributed by atoms with van der Waals surface area (Å²) in [6, 6.07) is 13.7. The third-order valence-electron chi connectivity index (χ3n) is 3.81. The Balaban J connectivity index is 0.00000312. The van der Waals surface area contributed by atoms with E-state index in [1.807, 2.05) is 50.2 Å². The van der Waals surface area contributed by atoms with Gasteiger partial charge in [-0.2, -0.15) is 0 Å². The van der Waals surface area contributed by atoms with Crippen LogP contribution in [-0.2, 0) is 4.79 Å². The normalized spacial score (nSPS) is 11.4. The van der Waals surface area contributed by atoms with Crippen molar-refractivity contribution in [2.45, 2.75) is 26.3 Å². The highest BCUT2D eigenvalue weighted by Crippen LogP contribution is 2.15. The summed E-state index contributed by atoms with van der Waals surface area (Å²) < 4.78 is 0. The summed E-state index contributed by atoms with van der Waals surface area (Å²) in [6.45, 7) is 5.84. The zero-order valence-corrected chi connectivity index (χ0v) is 15.5. The molecule has 2 aromatic carbocycles. The van der Waals surface area contributed by atoms with Gasteiger partial charge in [0.2, 0.25) is 5.91 Å². The number of carbonyl (C=O) groups is 2. The van der Waals surface area contributed by atoms with Crippen molar-refractivity contribution in [2.24, 2.45) is 0 Å². The van der Waals surface area contributed by atoms with Gasteiger partial charge >= 0.3 is 0 Å². The third kappa shape index (κ3) is 6.72. The van der Waals surface area contributed by atoms with Crippen molar-refractivity contribution >= 4 is 35.0 Å². The molecule has 0 heterocycles. The van der Waals surface area contributed by atoms with Gasteiger partial charge in [0.05, 0.1) is 0 Å². The van der Waals surface area contributed by atoms with E-state index >= 15 is 0 Å². The van der Waals surface area contributed by atoms with Crippen LogP contribution in [0.4, 0.5) is 0 Å². The fourth-order valence-corrected chi connectivity index (χ4v) is 2.50. The Hall–Kier alpha value is -2.11. The predicted molar refractivity (Wildman–Crippen MR) is 104 cm³/mol. The quantitative estimate of drug-likeness (QED) is 0.674. The maximum Gasteiger partial charge on any atom is 0.251 e. The van der Waals surface area contributed by atoms with E-state index in [4.69, 9.17) is 0 Å². The van der Waals surface area contributed by atoms with Crippen molar-refractivity contribution in [1.29, 1.82) is 0 Å². The summed E-state index contributed by atoms with van der Waals surface area (Å²) >= 11 is 0. The number of likely N-dealkylation sites (N-methyl/N-ethyl adjacent to an activating group) is 1. The van der Waals surface area contributed by atoms with Gasteiger partial charge in [-0.3, -0.25) is 9.59 Å². The lowest BCUT2D eigenvalue weighted by atomic mass is 10.1. The molecule has 0 aliphatic carbocycles. The number of hydrogen-bond donors (Lipinski definition) is 3. The van der Waals surface area contributed by atoms with Crippen LogP contribution in [0.1, 0.15) is 30.6 Å². The molecule has 0 bridgehead atoms. The van der Waals surface area contributed by atoms with E-state index in [-0.39, 0.29) is 36.7 Å². The Labute approximate surface area is 155 Å². The number of benzene rings is 2. The molecule has 0 aliphatic heterocycles. The number of halogens is 1. The number of fused-ring (bicyclic) bond motifs is 1. The first-order chi connectivity index (χ1) is 11.6. The zero-order valence-electron chi connectivity index (χ0n) is 14.7. The molecule has 2 rings (SSSR count). The number of amides is 2. The number of rotatable bonds is 8. The molecule has 1 atom stereocenters. The Bertz CT molecular complexity index is 706. The highest BCUT2D eigenvalue weighted by Gasteiger charge is 2.08. The minimum atomic E-state index is -0.158. The van der Waals surface area contributed by atoms with E-state index in [1.54, 1.807) is 6.07 Å². The molecule has 0 aliphatic rings. The van der Waals surface area contributed by atoms with Gasteiger partial charge in [0.15, 0.2) is 0 Å². The number of hydrogen-bond acceptors (Lipinski definition) is 3.